The van der Waals surface area contributed by atoms with Gasteiger partial charge in [-0.15, -0.1) is 0 Å². The van der Waals surface area contributed by atoms with E-state index in [1.165, 1.54) is 30.3 Å². The number of ketones is 1. The molecule has 28 heavy (non-hydrogen) atoms. The van der Waals surface area contributed by atoms with E-state index in [0.717, 1.165) is 0 Å². The minimum atomic E-state index is -0.461. The van der Waals surface area contributed by atoms with E-state index in [1.54, 1.807) is 18.2 Å². The van der Waals surface area contributed by atoms with Crippen molar-refractivity contribution in [2.75, 3.05) is 6.54 Å². The van der Waals surface area contributed by atoms with Crippen molar-refractivity contribution in [3.8, 4) is 0 Å². The summed E-state index contributed by atoms with van der Waals surface area (Å²) in [6, 6.07) is 12.2. The number of hydrogen-bond donors (Lipinski definition) is 7. The van der Waals surface area contributed by atoms with E-state index in [0.29, 0.717) is 22.3 Å². The molecule has 0 unspecified atom stereocenters. The largest absolute Gasteiger partial charge is 0.324 e. The first-order valence-electron chi connectivity index (χ1n) is 7.84. The summed E-state index contributed by atoms with van der Waals surface area (Å²) < 4.78 is 0. The predicted octanol–water partition coefficient (Wildman–Crippen LogP) is -1.67. The van der Waals surface area contributed by atoms with Crippen LogP contribution in [0, 0.1) is 0 Å². The maximum absolute atomic E-state index is 11.1. The smallest absolute Gasteiger partial charge is 0.265 e. The van der Waals surface area contributed by atoms with Gasteiger partial charge in [0.15, 0.2) is 5.78 Å². The van der Waals surface area contributed by atoms with E-state index in [1.807, 2.05) is 16.3 Å². The van der Waals surface area contributed by atoms with Crippen LogP contribution in [0.25, 0.3) is 0 Å². The second-order valence-corrected chi connectivity index (χ2v) is 5.21. The molecule has 0 aliphatic carbocycles. The zero-order chi connectivity index (χ0) is 21.1. The Morgan fingerprint density at radius 1 is 0.643 bits per heavy atom. The van der Waals surface area contributed by atoms with Gasteiger partial charge in [-0.2, -0.15) is 0 Å². The molecule has 0 heterocycles. The van der Waals surface area contributed by atoms with Gasteiger partial charge in [0.1, 0.15) is 0 Å². The third-order valence-electron chi connectivity index (χ3n) is 3.43. The molecule has 2 rings (SSSR count). The highest BCUT2D eigenvalue weighted by atomic mass is 16.2. The Hall–Kier alpha value is -3.64. The Morgan fingerprint density at radius 2 is 1.04 bits per heavy atom. The van der Waals surface area contributed by atoms with Crippen molar-refractivity contribution in [1.29, 1.82) is 0 Å². The standard InChI is InChI=1S/C9H11N3O2.C8H10N4O2/c10-5-8(13)6-1-3-7(4-2-6)9(14)12-11;9-11-7(13)5-2-1-3-6(4-5)8(14)12-10/h1-4H,5,10-11H2,(H,12,14);1-4H,9-10H2,(H,11,13)(H,12,14). The van der Waals surface area contributed by atoms with Crippen molar-refractivity contribution >= 4 is 23.5 Å². The lowest BCUT2D eigenvalue weighted by Crippen LogP contribution is -2.32. The molecular formula is C17H21N7O4. The molecule has 0 bridgehead atoms. The second kappa shape index (κ2) is 11.2. The molecule has 0 atom stereocenters. The number of amides is 3. The molecule has 2 aromatic carbocycles. The normalized spacial score (nSPS) is 9.43. The van der Waals surface area contributed by atoms with Crippen molar-refractivity contribution in [2.24, 2.45) is 23.3 Å². The van der Waals surface area contributed by atoms with E-state index < -0.39 is 17.7 Å². The van der Waals surface area contributed by atoms with Gasteiger partial charge < -0.3 is 5.73 Å². The number of Topliss-reactive ketones (excluding diaryl/α,β-unsaturated/α-hetero) is 1. The molecule has 11 N–H and O–H groups in total. The van der Waals surface area contributed by atoms with Crippen LogP contribution < -0.4 is 39.5 Å². The second-order valence-electron chi connectivity index (χ2n) is 5.21. The lowest BCUT2D eigenvalue weighted by atomic mass is 10.1. The van der Waals surface area contributed by atoms with E-state index in [4.69, 9.17) is 23.3 Å². The van der Waals surface area contributed by atoms with Crippen LogP contribution >= 0.6 is 0 Å². The topological polar surface area (TPSA) is 208 Å². The molecule has 0 fully saturated rings. The van der Waals surface area contributed by atoms with Gasteiger partial charge in [0.25, 0.3) is 17.7 Å². The van der Waals surface area contributed by atoms with Crippen LogP contribution in [0.1, 0.15) is 41.4 Å². The van der Waals surface area contributed by atoms with Crippen LogP contribution in [0.15, 0.2) is 48.5 Å². The summed E-state index contributed by atoms with van der Waals surface area (Å²) in [5.74, 6) is 13.3. The molecule has 0 saturated heterocycles. The van der Waals surface area contributed by atoms with Crippen molar-refractivity contribution in [2.45, 2.75) is 0 Å². The Balaban J connectivity index is 0.000000280. The fraction of sp³-hybridized carbons (Fsp3) is 0.0588. The van der Waals surface area contributed by atoms with Gasteiger partial charge in [0.2, 0.25) is 0 Å². The highest BCUT2D eigenvalue weighted by Gasteiger charge is 2.08. The molecule has 0 saturated carbocycles. The monoisotopic (exact) mass is 387 g/mol. The molecule has 0 aromatic heterocycles. The summed E-state index contributed by atoms with van der Waals surface area (Å²) in [7, 11) is 0. The number of carbonyl (C=O) groups is 4. The van der Waals surface area contributed by atoms with Gasteiger partial charge in [0.05, 0.1) is 6.54 Å². The molecule has 11 nitrogen and oxygen atoms in total. The molecule has 0 aliphatic rings. The van der Waals surface area contributed by atoms with Crippen LogP contribution in [0.4, 0.5) is 0 Å². The van der Waals surface area contributed by atoms with Gasteiger partial charge in [-0.25, -0.2) is 17.5 Å². The first kappa shape index (κ1) is 22.4. The van der Waals surface area contributed by atoms with E-state index in [9.17, 15) is 19.2 Å². The fourth-order valence-electron chi connectivity index (χ4n) is 1.98. The first-order chi connectivity index (χ1) is 13.4. The zero-order valence-electron chi connectivity index (χ0n) is 14.8. The molecule has 3 amide bonds. The fourth-order valence-corrected chi connectivity index (χ4v) is 1.98. The Morgan fingerprint density at radius 3 is 1.43 bits per heavy atom. The van der Waals surface area contributed by atoms with Gasteiger partial charge in [-0.3, -0.25) is 35.5 Å². The number of hydrogen-bond acceptors (Lipinski definition) is 8. The summed E-state index contributed by atoms with van der Waals surface area (Å²) in [6.45, 7) is -0.0393. The van der Waals surface area contributed by atoms with E-state index in [2.05, 4.69) is 0 Å². The average Bonchev–Trinajstić information content (AvgIpc) is 2.77. The number of hydrazine groups is 3. The lowest BCUT2D eigenvalue weighted by molar-refractivity contribution is 0.0942. The molecule has 11 heteroatoms. The molecule has 148 valence electrons. The van der Waals surface area contributed by atoms with E-state index in [-0.39, 0.29) is 12.3 Å². The average molecular weight is 387 g/mol. The zero-order valence-corrected chi connectivity index (χ0v) is 14.8. The summed E-state index contributed by atoms with van der Waals surface area (Å²) in [4.78, 5) is 44.3. The summed E-state index contributed by atoms with van der Waals surface area (Å²) in [6.07, 6.45) is 0. The minimum Gasteiger partial charge on any atom is -0.324 e. The van der Waals surface area contributed by atoms with Crippen molar-refractivity contribution in [3.05, 3.63) is 70.8 Å². The van der Waals surface area contributed by atoms with Gasteiger partial charge in [0, 0.05) is 22.3 Å². The molecule has 2 aromatic rings. The molecule has 0 radical (unpaired) electrons. The van der Waals surface area contributed by atoms with Gasteiger partial charge >= 0.3 is 0 Å². The highest BCUT2D eigenvalue weighted by molar-refractivity contribution is 6.00. The van der Waals surface area contributed by atoms with Crippen LogP contribution in [0.5, 0.6) is 0 Å². The maximum Gasteiger partial charge on any atom is 0.265 e. The molecule has 0 aliphatic heterocycles. The van der Waals surface area contributed by atoms with Crippen molar-refractivity contribution in [1.82, 2.24) is 16.3 Å². The maximum atomic E-state index is 11.1. The van der Waals surface area contributed by atoms with Crippen molar-refractivity contribution in [3.63, 3.8) is 0 Å². The van der Waals surface area contributed by atoms with E-state index >= 15 is 0 Å². The number of rotatable bonds is 5. The minimum absolute atomic E-state index is 0.0393. The Labute approximate surface area is 160 Å². The quantitative estimate of drug-likeness (QED) is 0.136. The van der Waals surface area contributed by atoms with Crippen LogP contribution in [0.2, 0.25) is 0 Å². The summed E-state index contributed by atoms with van der Waals surface area (Å²) in [5.41, 5.74) is 12.6. The Bertz CT molecular complexity index is 787. The number of benzene rings is 2. The van der Waals surface area contributed by atoms with Crippen molar-refractivity contribution < 1.29 is 19.2 Å². The molecular weight excluding hydrogens is 366 g/mol. The number of nitrogen functional groups attached to an aromatic ring is 3. The lowest BCUT2D eigenvalue weighted by Gasteiger charge is -2.02. The van der Waals surface area contributed by atoms with Gasteiger partial charge in [-0.1, -0.05) is 18.2 Å². The third-order valence-corrected chi connectivity index (χ3v) is 3.43. The van der Waals surface area contributed by atoms with Crippen LogP contribution in [-0.4, -0.2) is 30.0 Å². The number of nitrogens with one attached hydrogen (secondary N) is 3. The molecule has 0 spiro atoms. The van der Waals surface area contributed by atoms with Crippen LogP contribution in [0.3, 0.4) is 0 Å². The number of nitrogens with two attached hydrogens (primary N) is 4. The third kappa shape index (κ3) is 6.26. The highest BCUT2D eigenvalue weighted by Crippen LogP contribution is 2.05. The Kier molecular flexibility index (Phi) is 8.92. The predicted molar refractivity (Wildman–Crippen MR) is 101 cm³/mol. The summed E-state index contributed by atoms with van der Waals surface area (Å²) >= 11 is 0. The SMILES string of the molecule is NCC(=O)c1ccc(C(=O)NN)cc1.NNC(=O)c1cccc(C(=O)NN)c1. The van der Waals surface area contributed by atoms with Crippen LogP contribution in [-0.2, 0) is 0 Å². The van der Waals surface area contributed by atoms with Gasteiger partial charge in [-0.05, 0) is 30.3 Å². The number of carbonyl (C=O) groups excluding carboxylic acids is 4. The first-order valence-corrected chi connectivity index (χ1v) is 7.84. The summed E-state index contributed by atoms with van der Waals surface area (Å²) in [5, 5.41) is 0.